The van der Waals surface area contributed by atoms with Crippen LogP contribution in [-0.4, -0.2) is 41.8 Å². The topological polar surface area (TPSA) is 134 Å². The number of guanidine groups is 1. The van der Waals surface area contributed by atoms with E-state index in [4.69, 9.17) is 15.2 Å². The van der Waals surface area contributed by atoms with Gasteiger partial charge in [-0.2, -0.15) is 10.2 Å². The van der Waals surface area contributed by atoms with E-state index in [9.17, 15) is 10.2 Å². The third-order valence-electron chi connectivity index (χ3n) is 3.33. The predicted molar refractivity (Wildman–Crippen MR) is 108 cm³/mol. The van der Waals surface area contributed by atoms with Crippen LogP contribution in [0.15, 0.2) is 51.7 Å². The monoisotopic (exact) mass is 385 g/mol. The highest BCUT2D eigenvalue weighted by molar-refractivity contribution is 5.85. The first-order valence-corrected chi connectivity index (χ1v) is 8.60. The second-order valence-electron chi connectivity index (χ2n) is 5.42. The van der Waals surface area contributed by atoms with Crippen LogP contribution in [0.2, 0.25) is 0 Å². The van der Waals surface area contributed by atoms with Gasteiger partial charge in [-0.25, -0.2) is 5.43 Å². The van der Waals surface area contributed by atoms with Crippen LogP contribution < -0.4 is 20.6 Å². The minimum atomic E-state index is -0.0138. The van der Waals surface area contributed by atoms with E-state index in [2.05, 4.69) is 20.7 Å². The molecule has 0 radical (unpaired) electrons. The minimum Gasteiger partial charge on any atom is -0.504 e. The van der Waals surface area contributed by atoms with E-state index in [-0.39, 0.29) is 17.5 Å². The van der Waals surface area contributed by atoms with Crippen LogP contribution in [-0.2, 0) is 0 Å². The summed E-state index contributed by atoms with van der Waals surface area (Å²) in [5, 5.41) is 30.9. The number of hydrazone groups is 1. The fourth-order valence-electron chi connectivity index (χ4n) is 2.12. The summed E-state index contributed by atoms with van der Waals surface area (Å²) < 4.78 is 10.6. The fourth-order valence-corrected chi connectivity index (χ4v) is 2.12. The number of aromatic hydroxyl groups is 2. The van der Waals surface area contributed by atoms with Crippen molar-refractivity contribution in [2.45, 2.75) is 13.8 Å². The molecule has 0 aliphatic rings. The number of ether oxygens (including phenoxy) is 2. The van der Waals surface area contributed by atoms with E-state index in [0.29, 0.717) is 35.8 Å². The quantitative estimate of drug-likeness (QED) is 0.313. The van der Waals surface area contributed by atoms with Crippen LogP contribution in [0.3, 0.4) is 0 Å². The summed E-state index contributed by atoms with van der Waals surface area (Å²) in [4.78, 5) is 0. The number of hydrogen-bond acceptors (Lipinski definition) is 7. The molecule has 0 bridgehead atoms. The maximum Gasteiger partial charge on any atom is 0.234 e. The molecule has 9 heteroatoms. The number of phenols is 2. The molecule has 2 rings (SSSR count). The third-order valence-corrected chi connectivity index (χ3v) is 3.33. The summed E-state index contributed by atoms with van der Waals surface area (Å²) in [5.74, 6) is 0.841. The molecule has 148 valence electrons. The first kappa shape index (κ1) is 20.6. The van der Waals surface area contributed by atoms with Gasteiger partial charge in [-0.1, -0.05) is 0 Å². The minimum absolute atomic E-state index is 0.0138. The Morgan fingerprint density at radius 1 is 0.964 bits per heavy atom. The Morgan fingerprint density at radius 3 is 2.04 bits per heavy atom. The lowest BCUT2D eigenvalue weighted by Crippen LogP contribution is -2.26. The second-order valence-corrected chi connectivity index (χ2v) is 5.42. The van der Waals surface area contributed by atoms with Crippen molar-refractivity contribution in [1.29, 1.82) is 0 Å². The van der Waals surface area contributed by atoms with Crippen molar-refractivity contribution >= 4 is 18.4 Å². The molecule has 5 N–H and O–H groups in total. The highest BCUT2D eigenvalue weighted by Crippen LogP contribution is 2.26. The van der Waals surface area contributed by atoms with E-state index in [1.807, 2.05) is 13.8 Å². The van der Waals surface area contributed by atoms with Gasteiger partial charge in [0.1, 0.15) is 0 Å². The number of benzene rings is 2. The molecule has 0 aliphatic carbocycles. The van der Waals surface area contributed by atoms with Gasteiger partial charge in [0.15, 0.2) is 23.0 Å². The van der Waals surface area contributed by atoms with Gasteiger partial charge >= 0.3 is 0 Å². The lowest BCUT2D eigenvalue weighted by atomic mass is 10.2. The second kappa shape index (κ2) is 10.4. The highest BCUT2D eigenvalue weighted by atomic mass is 16.5. The van der Waals surface area contributed by atoms with Gasteiger partial charge in [-0.15, -0.1) is 5.10 Å². The standard InChI is InChI=1S/C19H23N5O4/c1-3-27-17-9-13(5-7-15(17)25)11-21-23-19(20)24-22-12-14-6-8-16(26)18(10-14)28-4-2/h5-12,25-26H,3-4H2,1-2H3,(H3,20,23,24)/b21-11-,22-12+. The van der Waals surface area contributed by atoms with E-state index in [1.54, 1.807) is 24.3 Å². The normalized spacial score (nSPS) is 11.9. The van der Waals surface area contributed by atoms with Gasteiger partial charge in [0.25, 0.3) is 0 Å². The van der Waals surface area contributed by atoms with Gasteiger partial charge in [0.05, 0.1) is 25.6 Å². The fraction of sp³-hybridized carbons (Fsp3) is 0.211. The molecule has 0 saturated heterocycles. The number of nitrogens with one attached hydrogen (secondary N) is 1. The number of nitrogens with two attached hydrogens (primary N) is 1. The SMILES string of the molecule is CCOc1cc(/C=N\N=C(N)N/N=C/c2ccc(O)c(OCC)c2)ccc1O. The Balaban J connectivity index is 1.95. The maximum absolute atomic E-state index is 9.67. The van der Waals surface area contributed by atoms with Crippen molar-refractivity contribution in [1.82, 2.24) is 5.43 Å². The molecule has 9 nitrogen and oxygen atoms in total. The Bertz CT molecular complexity index is 881. The third kappa shape index (κ3) is 6.20. The zero-order valence-electron chi connectivity index (χ0n) is 15.7. The molecule has 0 unspecified atom stereocenters. The van der Waals surface area contributed by atoms with Crippen LogP contribution in [0.1, 0.15) is 25.0 Å². The van der Waals surface area contributed by atoms with Crippen LogP contribution in [0.5, 0.6) is 23.0 Å². The Labute approximate surface area is 162 Å². The van der Waals surface area contributed by atoms with E-state index < -0.39 is 0 Å². The summed E-state index contributed by atoms with van der Waals surface area (Å²) >= 11 is 0. The van der Waals surface area contributed by atoms with Crippen LogP contribution in [0.4, 0.5) is 0 Å². The summed E-state index contributed by atoms with van der Waals surface area (Å²) in [6.45, 7) is 4.54. The summed E-state index contributed by atoms with van der Waals surface area (Å²) in [6, 6.07) is 9.66. The van der Waals surface area contributed by atoms with Crippen LogP contribution in [0.25, 0.3) is 0 Å². The van der Waals surface area contributed by atoms with Crippen molar-refractivity contribution in [3.63, 3.8) is 0 Å². The van der Waals surface area contributed by atoms with Crippen molar-refractivity contribution < 1.29 is 19.7 Å². The summed E-state index contributed by atoms with van der Waals surface area (Å²) in [6.07, 6.45) is 2.97. The van der Waals surface area contributed by atoms with Crippen molar-refractivity contribution in [3.05, 3.63) is 47.5 Å². The van der Waals surface area contributed by atoms with Crippen LogP contribution in [0, 0.1) is 0 Å². The van der Waals surface area contributed by atoms with Crippen LogP contribution >= 0.6 is 0 Å². The molecule has 0 saturated carbocycles. The smallest absolute Gasteiger partial charge is 0.234 e. The number of nitrogens with zero attached hydrogens (tertiary/aromatic N) is 3. The zero-order chi connectivity index (χ0) is 20.4. The molecule has 2 aromatic rings. The molecule has 0 aliphatic heterocycles. The summed E-state index contributed by atoms with van der Waals surface area (Å²) in [5.41, 5.74) is 9.62. The number of hydrogen-bond donors (Lipinski definition) is 4. The van der Waals surface area contributed by atoms with E-state index in [1.165, 1.54) is 24.6 Å². The molecular weight excluding hydrogens is 362 g/mol. The Morgan fingerprint density at radius 2 is 1.50 bits per heavy atom. The lowest BCUT2D eigenvalue weighted by Gasteiger charge is -2.06. The largest absolute Gasteiger partial charge is 0.504 e. The van der Waals surface area contributed by atoms with Crippen molar-refractivity contribution in [2.75, 3.05) is 13.2 Å². The Kier molecular flexibility index (Phi) is 7.64. The molecule has 0 atom stereocenters. The maximum atomic E-state index is 9.67. The van der Waals surface area contributed by atoms with Gasteiger partial charge < -0.3 is 25.4 Å². The van der Waals surface area contributed by atoms with Gasteiger partial charge in [-0.3, -0.25) is 0 Å². The average Bonchev–Trinajstić information content (AvgIpc) is 2.67. The first-order valence-electron chi connectivity index (χ1n) is 8.60. The molecule has 0 spiro atoms. The molecule has 2 aromatic carbocycles. The Hall–Kier alpha value is -3.75. The predicted octanol–water partition coefficient (Wildman–Crippen LogP) is 2.17. The highest BCUT2D eigenvalue weighted by Gasteiger charge is 2.03. The van der Waals surface area contributed by atoms with Gasteiger partial charge in [0, 0.05) is 0 Å². The zero-order valence-corrected chi connectivity index (χ0v) is 15.7. The number of rotatable bonds is 8. The molecule has 28 heavy (non-hydrogen) atoms. The molecular formula is C19H23N5O4. The molecule has 0 amide bonds. The molecule has 0 aromatic heterocycles. The lowest BCUT2D eigenvalue weighted by molar-refractivity contribution is 0.318. The number of phenolic OH excluding ortho intramolecular Hbond substituents is 2. The average molecular weight is 385 g/mol. The first-order chi connectivity index (χ1) is 13.5. The van der Waals surface area contributed by atoms with Gasteiger partial charge in [-0.05, 0) is 61.4 Å². The summed E-state index contributed by atoms with van der Waals surface area (Å²) in [7, 11) is 0. The molecule has 0 heterocycles. The van der Waals surface area contributed by atoms with Crippen molar-refractivity contribution in [3.8, 4) is 23.0 Å². The van der Waals surface area contributed by atoms with Gasteiger partial charge in [0.2, 0.25) is 5.96 Å². The van der Waals surface area contributed by atoms with E-state index in [0.717, 1.165) is 0 Å². The van der Waals surface area contributed by atoms with Crippen molar-refractivity contribution in [2.24, 2.45) is 21.0 Å². The van der Waals surface area contributed by atoms with E-state index >= 15 is 0 Å². The molecule has 0 fully saturated rings.